The number of hydrogen-bond acceptors (Lipinski definition) is 3. The van der Waals surface area contributed by atoms with Gasteiger partial charge >= 0.3 is 0 Å². The van der Waals surface area contributed by atoms with Crippen LogP contribution in [0.5, 0.6) is 0 Å². The van der Waals surface area contributed by atoms with Crippen molar-refractivity contribution in [3.63, 3.8) is 0 Å². The molecule has 100 valence electrons. The first kappa shape index (κ1) is 12.7. The van der Waals surface area contributed by atoms with Gasteiger partial charge in [0, 0.05) is 16.4 Å². The average molecular weight is 331 g/mol. The number of benzene rings is 1. The predicted molar refractivity (Wildman–Crippen MR) is 81.7 cm³/mol. The number of pyridine rings is 1. The van der Waals surface area contributed by atoms with Crippen LogP contribution < -0.4 is 11.1 Å². The highest BCUT2D eigenvalue weighted by molar-refractivity contribution is 9.10. The third-order valence-corrected chi connectivity index (χ3v) is 3.57. The molecule has 2 heterocycles. The minimum Gasteiger partial charge on any atom is -0.399 e. The summed E-state index contributed by atoms with van der Waals surface area (Å²) in [5, 5.41) is 6.98. The van der Waals surface area contributed by atoms with Crippen LogP contribution in [0, 0.1) is 0 Å². The molecule has 0 radical (unpaired) electrons. The highest BCUT2D eigenvalue weighted by atomic mass is 79.9. The van der Waals surface area contributed by atoms with Crippen LogP contribution in [-0.2, 0) is 0 Å². The molecular formula is C14H11BrN4O. The molecule has 0 spiro atoms. The quantitative estimate of drug-likeness (QED) is 0.709. The number of halogens is 1. The van der Waals surface area contributed by atoms with Crippen LogP contribution in [0.1, 0.15) is 10.4 Å². The van der Waals surface area contributed by atoms with Crippen LogP contribution >= 0.6 is 15.9 Å². The van der Waals surface area contributed by atoms with Crippen molar-refractivity contribution in [3.8, 4) is 0 Å². The summed E-state index contributed by atoms with van der Waals surface area (Å²) in [6.45, 7) is 0. The van der Waals surface area contributed by atoms with Crippen molar-refractivity contribution in [2.24, 2.45) is 0 Å². The maximum Gasteiger partial charge on any atom is 0.259 e. The summed E-state index contributed by atoms with van der Waals surface area (Å²) in [4.78, 5) is 12.3. The summed E-state index contributed by atoms with van der Waals surface area (Å²) >= 11 is 3.37. The molecule has 3 N–H and O–H groups in total. The Morgan fingerprint density at radius 3 is 2.95 bits per heavy atom. The summed E-state index contributed by atoms with van der Waals surface area (Å²) in [6, 6.07) is 10.8. The first-order valence-electron chi connectivity index (χ1n) is 5.94. The van der Waals surface area contributed by atoms with Crippen molar-refractivity contribution in [2.45, 2.75) is 0 Å². The van der Waals surface area contributed by atoms with Gasteiger partial charge in [-0.25, -0.2) is 4.52 Å². The second-order valence-electron chi connectivity index (χ2n) is 4.28. The molecule has 0 bridgehead atoms. The van der Waals surface area contributed by atoms with E-state index in [1.54, 1.807) is 35.1 Å². The number of hydrogen-bond donors (Lipinski definition) is 2. The lowest BCUT2D eigenvalue weighted by molar-refractivity contribution is 0.102. The molecule has 0 saturated carbocycles. The van der Waals surface area contributed by atoms with Gasteiger partial charge in [0.2, 0.25) is 0 Å². The fourth-order valence-electron chi connectivity index (χ4n) is 1.93. The highest BCUT2D eigenvalue weighted by Crippen LogP contribution is 2.25. The Kier molecular flexibility index (Phi) is 3.15. The maximum absolute atomic E-state index is 12.3. The molecule has 3 rings (SSSR count). The molecule has 5 nitrogen and oxygen atoms in total. The molecule has 1 aromatic carbocycles. The van der Waals surface area contributed by atoms with E-state index in [2.05, 4.69) is 26.3 Å². The van der Waals surface area contributed by atoms with E-state index in [0.29, 0.717) is 16.9 Å². The number of anilines is 2. The topological polar surface area (TPSA) is 72.4 Å². The average Bonchev–Trinajstić information content (AvgIpc) is 2.86. The lowest BCUT2D eigenvalue weighted by atomic mass is 10.2. The number of nitrogens with two attached hydrogens (primary N) is 1. The van der Waals surface area contributed by atoms with Crippen molar-refractivity contribution in [1.82, 2.24) is 9.61 Å². The van der Waals surface area contributed by atoms with E-state index in [0.717, 1.165) is 9.99 Å². The number of nitrogens with one attached hydrogen (secondary N) is 1. The molecule has 6 heteroatoms. The van der Waals surface area contributed by atoms with Gasteiger partial charge < -0.3 is 11.1 Å². The summed E-state index contributed by atoms with van der Waals surface area (Å²) < 4.78 is 2.40. The number of fused-ring (bicyclic) bond motifs is 1. The standard InChI is InChI=1S/C14H11BrN4O/c15-11-7-9(16)4-5-12(11)18-14(20)10-8-17-19-6-2-1-3-13(10)19/h1-8H,16H2,(H,18,20). The van der Waals surface area contributed by atoms with E-state index in [4.69, 9.17) is 5.73 Å². The number of carbonyl (C=O) groups is 1. The van der Waals surface area contributed by atoms with Crippen molar-refractivity contribution >= 4 is 38.7 Å². The molecule has 20 heavy (non-hydrogen) atoms. The van der Waals surface area contributed by atoms with E-state index in [1.807, 2.05) is 18.2 Å². The molecule has 0 atom stereocenters. The van der Waals surface area contributed by atoms with Gasteiger partial charge in [-0.05, 0) is 46.3 Å². The first-order chi connectivity index (χ1) is 9.65. The minimum absolute atomic E-state index is 0.211. The number of nitrogen functional groups attached to an aromatic ring is 1. The molecule has 0 aliphatic carbocycles. The summed E-state index contributed by atoms with van der Waals surface area (Å²) in [5.41, 5.74) is 8.25. The maximum atomic E-state index is 12.3. The number of aromatic nitrogens is 2. The molecule has 3 aromatic rings. The Morgan fingerprint density at radius 1 is 1.30 bits per heavy atom. The van der Waals surface area contributed by atoms with Crippen LogP contribution in [-0.4, -0.2) is 15.5 Å². The normalized spacial score (nSPS) is 10.7. The molecule has 0 saturated heterocycles. The predicted octanol–water partition coefficient (Wildman–Crippen LogP) is 2.93. The van der Waals surface area contributed by atoms with E-state index in [-0.39, 0.29) is 5.91 Å². The van der Waals surface area contributed by atoms with Gasteiger partial charge in [-0.15, -0.1) is 0 Å². The molecule has 0 aliphatic rings. The summed E-state index contributed by atoms with van der Waals surface area (Å²) in [6.07, 6.45) is 3.35. The van der Waals surface area contributed by atoms with Crippen molar-refractivity contribution in [2.75, 3.05) is 11.1 Å². The molecule has 2 aromatic heterocycles. The Labute approximate surface area is 123 Å². The van der Waals surface area contributed by atoms with Crippen molar-refractivity contribution < 1.29 is 4.79 Å². The van der Waals surface area contributed by atoms with E-state index >= 15 is 0 Å². The Hall–Kier alpha value is -2.34. The van der Waals surface area contributed by atoms with E-state index in [1.165, 1.54) is 0 Å². The molecular weight excluding hydrogens is 320 g/mol. The Balaban J connectivity index is 1.93. The molecule has 0 unspecified atom stereocenters. The number of rotatable bonds is 2. The van der Waals surface area contributed by atoms with Gasteiger partial charge in [0.25, 0.3) is 5.91 Å². The Bertz CT molecular complexity index is 797. The van der Waals surface area contributed by atoms with Crippen LogP contribution in [0.4, 0.5) is 11.4 Å². The zero-order chi connectivity index (χ0) is 14.1. The molecule has 1 amide bonds. The van der Waals surface area contributed by atoms with E-state index < -0.39 is 0 Å². The number of nitrogens with zero attached hydrogens (tertiary/aromatic N) is 2. The fourth-order valence-corrected chi connectivity index (χ4v) is 2.43. The lowest BCUT2D eigenvalue weighted by Crippen LogP contribution is -2.12. The van der Waals surface area contributed by atoms with Gasteiger partial charge in [0.15, 0.2) is 0 Å². The van der Waals surface area contributed by atoms with Gasteiger partial charge in [0.05, 0.1) is 23.0 Å². The van der Waals surface area contributed by atoms with Gasteiger partial charge in [0.1, 0.15) is 0 Å². The molecule has 0 aliphatic heterocycles. The van der Waals surface area contributed by atoms with E-state index in [9.17, 15) is 4.79 Å². The zero-order valence-electron chi connectivity index (χ0n) is 10.4. The third kappa shape index (κ3) is 2.25. The monoisotopic (exact) mass is 330 g/mol. The summed E-state index contributed by atoms with van der Waals surface area (Å²) in [5.74, 6) is -0.211. The highest BCUT2D eigenvalue weighted by Gasteiger charge is 2.13. The fraction of sp³-hybridized carbons (Fsp3) is 0. The first-order valence-corrected chi connectivity index (χ1v) is 6.73. The molecule has 0 fully saturated rings. The van der Waals surface area contributed by atoms with Crippen LogP contribution in [0.15, 0.2) is 53.3 Å². The van der Waals surface area contributed by atoms with Crippen LogP contribution in [0.25, 0.3) is 5.52 Å². The third-order valence-electron chi connectivity index (χ3n) is 2.91. The number of amides is 1. The van der Waals surface area contributed by atoms with Gasteiger partial charge in [-0.1, -0.05) is 6.07 Å². The van der Waals surface area contributed by atoms with Crippen LogP contribution in [0.3, 0.4) is 0 Å². The van der Waals surface area contributed by atoms with Crippen LogP contribution in [0.2, 0.25) is 0 Å². The second kappa shape index (κ2) is 4.97. The second-order valence-corrected chi connectivity index (χ2v) is 5.14. The smallest absolute Gasteiger partial charge is 0.259 e. The lowest BCUT2D eigenvalue weighted by Gasteiger charge is -2.07. The minimum atomic E-state index is -0.211. The largest absolute Gasteiger partial charge is 0.399 e. The number of carbonyl (C=O) groups excluding carboxylic acids is 1. The van der Waals surface area contributed by atoms with Crippen molar-refractivity contribution in [3.05, 3.63) is 58.8 Å². The zero-order valence-corrected chi connectivity index (χ0v) is 12.0. The van der Waals surface area contributed by atoms with Gasteiger partial charge in [-0.3, -0.25) is 4.79 Å². The van der Waals surface area contributed by atoms with Gasteiger partial charge in [-0.2, -0.15) is 5.10 Å². The SMILES string of the molecule is Nc1ccc(NC(=O)c2cnn3ccccc23)c(Br)c1. The van der Waals surface area contributed by atoms with Crippen molar-refractivity contribution in [1.29, 1.82) is 0 Å². The summed E-state index contributed by atoms with van der Waals surface area (Å²) in [7, 11) is 0. The Morgan fingerprint density at radius 2 is 2.15 bits per heavy atom.